The molecule has 0 saturated carbocycles. The van der Waals surface area contributed by atoms with Gasteiger partial charge in [-0.05, 0) is 42.3 Å². The third kappa shape index (κ3) is 2.94. The predicted molar refractivity (Wildman–Crippen MR) is 105 cm³/mol. The van der Waals surface area contributed by atoms with Gasteiger partial charge in [-0.15, -0.1) is 0 Å². The molecule has 1 atom stereocenters. The van der Waals surface area contributed by atoms with E-state index in [1.165, 1.54) is 10.8 Å². The largest absolute Gasteiger partial charge is 0.348 e. The molecule has 0 spiro atoms. The van der Waals surface area contributed by atoms with Crippen LogP contribution in [0, 0.1) is 6.92 Å². The number of fused-ring (bicyclic) bond motifs is 2. The Morgan fingerprint density at radius 2 is 1.77 bits per heavy atom. The van der Waals surface area contributed by atoms with Crippen LogP contribution in [0.15, 0.2) is 66.7 Å². The highest BCUT2D eigenvalue weighted by Gasteiger charge is 2.15. The number of nitrogens with zero attached hydrogens (tertiary/aromatic N) is 2. The molecule has 4 heteroatoms. The van der Waals surface area contributed by atoms with Gasteiger partial charge in [0.2, 0.25) is 5.91 Å². The zero-order chi connectivity index (χ0) is 18.1. The van der Waals surface area contributed by atoms with Crippen molar-refractivity contribution in [3.05, 3.63) is 78.1 Å². The molecule has 26 heavy (non-hydrogen) atoms. The van der Waals surface area contributed by atoms with E-state index in [2.05, 4.69) is 34.6 Å². The summed E-state index contributed by atoms with van der Waals surface area (Å²) >= 11 is 0. The monoisotopic (exact) mass is 343 g/mol. The maximum atomic E-state index is 12.7. The lowest BCUT2D eigenvalue weighted by Gasteiger charge is -2.17. The van der Waals surface area contributed by atoms with Crippen LogP contribution < -0.4 is 5.32 Å². The maximum Gasteiger partial charge on any atom is 0.240 e. The molecular weight excluding hydrogens is 322 g/mol. The predicted octanol–water partition coefficient (Wildman–Crippen LogP) is 4.38. The number of aryl methyl sites for hydroxylation is 1. The first-order valence-corrected chi connectivity index (χ1v) is 8.82. The smallest absolute Gasteiger partial charge is 0.240 e. The highest BCUT2D eigenvalue weighted by atomic mass is 16.2. The fraction of sp³-hybridized carbons (Fsp3) is 0.182. The number of imidazole rings is 1. The van der Waals surface area contributed by atoms with Crippen LogP contribution >= 0.6 is 0 Å². The summed E-state index contributed by atoms with van der Waals surface area (Å²) in [5, 5.41) is 5.49. The maximum absolute atomic E-state index is 12.7. The minimum absolute atomic E-state index is 0.0170. The quantitative estimate of drug-likeness (QED) is 0.598. The van der Waals surface area contributed by atoms with E-state index in [4.69, 9.17) is 0 Å². The number of benzene rings is 3. The van der Waals surface area contributed by atoms with E-state index in [0.717, 1.165) is 22.4 Å². The molecule has 3 aromatic carbocycles. The first-order valence-electron chi connectivity index (χ1n) is 8.82. The minimum atomic E-state index is -0.0660. The highest BCUT2D eigenvalue weighted by molar-refractivity contribution is 5.87. The van der Waals surface area contributed by atoms with Gasteiger partial charge < -0.3 is 9.88 Å². The summed E-state index contributed by atoms with van der Waals surface area (Å²) in [5.41, 5.74) is 3.03. The van der Waals surface area contributed by atoms with Gasteiger partial charge in [-0.2, -0.15) is 0 Å². The summed E-state index contributed by atoms with van der Waals surface area (Å²) in [6, 6.07) is 22.3. The first-order chi connectivity index (χ1) is 12.6. The molecule has 4 nitrogen and oxygen atoms in total. The third-order valence-corrected chi connectivity index (χ3v) is 4.81. The molecule has 130 valence electrons. The number of carbonyl (C=O) groups is 1. The summed E-state index contributed by atoms with van der Waals surface area (Å²) in [7, 11) is 0. The molecule has 1 amide bonds. The van der Waals surface area contributed by atoms with Crippen LogP contribution in [0.5, 0.6) is 0 Å². The van der Waals surface area contributed by atoms with Crippen LogP contribution in [0.25, 0.3) is 21.8 Å². The van der Waals surface area contributed by atoms with E-state index >= 15 is 0 Å². The highest BCUT2D eigenvalue weighted by Crippen LogP contribution is 2.24. The second-order valence-electron chi connectivity index (χ2n) is 6.59. The number of aromatic nitrogens is 2. The molecule has 0 radical (unpaired) electrons. The Balaban J connectivity index is 1.57. The summed E-state index contributed by atoms with van der Waals surface area (Å²) in [6.07, 6.45) is 0. The average Bonchev–Trinajstić information content (AvgIpc) is 2.96. The normalized spacial score (nSPS) is 12.4. The van der Waals surface area contributed by atoms with Crippen LogP contribution in [0.3, 0.4) is 0 Å². The molecule has 1 heterocycles. The number of para-hydroxylation sites is 2. The van der Waals surface area contributed by atoms with Crippen LogP contribution in [-0.4, -0.2) is 15.5 Å². The van der Waals surface area contributed by atoms with Crippen LogP contribution in [-0.2, 0) is 11.3 Å². The Morgan fingerprint density at radius 1 is 1.04 bits per heavy atom. The molecule has 0 saturated heterocycles. The van der Waals surface area contributed by atoms with E-state index < -0.39 is 0 Å². The van der Waals surface area contributed by atoms with Gasteiger partial charge in [-0.25, -0.2) is 4.98 Å². The van der Waals surface area contributed by atoms with E-state index in [1.807, 2.05) is 60.9 Å². The Bertz CT molecular complexity index is 1090. The molecule has 0 aliphatic rings. The zero-order valence-electron chi connectivity index (χ0n) is 14.9. The number of amides is 1. The lowest BCUT2D eigenvalue weighted by atomic mass is 10.00. The fourth-order valence-electron chi connectivity index (χ4n) is 3.53. The summed E-state index contributed by atoms with van der Waals surface area (Å²) in [6.45, 7) is 4.22. The summed E-state index contributed by atoms with van der Waals surface area (Å²) in [5.74, 6) is 0.829. The van der Waals surface area contributed by atoms with Crippen molar-refractivity contribution < 1.29 is 4.79 Å². The van der Waals surface area contributed by atoms with Crippen molar-refractivity contribution in [1.82, 2.24) is 14.9 Å². The molecule has 0 unspecified atom stereocenters. The van der Waals surface area contributed by atoms with Crippen molar-refractivity contribution in [1.29, 1.82) is 0 Å². The van der Waals surface area contributed by atoms with Crippen molar-refractivity contribution in [2.45, 2.75) is 26.4 Å². The third-order valence-electron chi connectivity index (χ3n) is 4.81. The number of rotatable bonds is 4. The first kappa shape index (κ1) is 16.3. The lowest BCUT2D eigenvalue weighted by Crippen LogP contribution is -2.30. The summed E-state index contributed by atoms with van der Waals surface area (Å²) in [4.78, 5) is 17.2. The van der Waals surface area contributed by atoms with E-state index in [9.17, 15) is 4.79 Å². The molecule has 1 aromatic heterocycles. The van der Waals surface area contributed by atoms with Gasteiger partial charge in [0, 0.05) is 0 Å². The molecular formula is C22H21N3O. The molecule has 4 rings (SSSR count). The summed E-state index contributed by atoms with van der Waals surface area (Å²) < 4.78 is 1.96. The fourth-order valence-corrected chi connectivity index (χ4v) is 3.53. The van der Waals surface area contributed by atoms with E-state index in [0.29, 0.717) is 0 Å². The average molecular weight is 343 g/mol. The number of carbonyl (C=O) groups excluding carboxylic acids is 1. The van der Waals surface area contributed by atoms with Crippen molar-refractivity contribution >= 4 is 27.7 Å². The minimum Gasteiger partial charge on any atom is -0.348 e. The van der Waals surface area contributed by atoms with E-state index in [1.54, 1.807) is 0 Å². The van der Waals surface area contributed by atoms with Crippen molar-refractivity contribution in [2.75, 3.05) is 0 Å². The van der Waals surface area contributed by atoms with Crippen molar-refractivity contribution in [3.8, 4) is 0 Å². The zero-order valence-corrected chi connectivity index (χ0v) is 14.9. The van der Waals surface area contributed by atoms with Crippen molar-refractivity contribution in [2.24, 2.45) is 0 Å². The number of hydrogen-bond donors (Lipinski definition) is 1. The molecule has 1 N–H and O–H groups in total. The molecule has 0 fully saturated rings. The second kappa shape index (κ2) is 6.64. The van der Waals surface area contributed by atoms with Crippen molar-refractivity contribution in [3.63, 3.8) is 0 Å². The van der Waals surface area contributed by atoms with Gasteiger partial charge in [0.15, 0.2) is 0 Å². The van der Waals surface area contributed by atoms with Crippen LogP contribution in [0.1, 0.15) is 24.4 Å². The van der Waals surface area contributed by atoms with Gasteiger partial charge in [0.25, 0.3) is 0 Å². The number of nitrogens with one attached hydrogen (secondary N) is 1. The lowest BCUT2D eigenvalue weighted by molar-refractivity contribution is -0.122. The van der Waals surface area contributed by atoms with Crippen LogP contribution in [0.4, 0.5) is 0 Å². The Hall–Kier alpha value is -3.14. The molecule has 0 bridgehead atoms. The SMILES string of the molecule is Cc1nc2ccccc2n1CC(=O)N[C@@H](C)c1cccc2ccccc12. The standard InChI is InChI=1S/C22H21N3O/c1-15(18-11-7-9-17-8-3-4-10-19(17)18)23-22(26)14-25-16(2)24-20-12-5-6-13-21(20)25/h3-13,15H,14H2,1-2H3,(H,23,26)/t15-/m0/s1. The second-order valence-corrected chi connectivity index (χ2v) is 6.59. The molecule has 4 aromatic rings. The van der Waals surface area contributed by atoms with E-state index in [-0.39, 0.29) is 18.5 Å². The molecule has 0 aliphatic carbocycles. The Morgan fingerprint density at radius 3 is 2.65 bits per heavy atom. The molecule has 0 aliphatic heterocycles. The van der Waals surface area contributed by atoms with Gasteiger partial charge in [-0.1, -0.05) is 54.6 Å². The van der Waals surface area contributed by atoms with Crippen LogP contribution in [0.2, 0.25) is 0 Å². The van der Waals surface area contributed by atoms with Gasteiger partial charge in [0.1, 0.15) is 12.4 Å². The van der Waals surface area contributed by atoms with Gasteiger partial charge in [-0.3, -0.25) is 4.79 Å². The Labute approximate surface area is 152 Å². The Kier molecular flexibility index (Phi) is 4.17. The van der Waals surface area contributed by atoms with Gasteiger partial charge >= 0.3 is 0 Å². The topological polar surface area (TPSA) is 46.9 Å². The number of hydrogen-bond acceptors (Lipinski definition) is 2. The van der Waals surface area contributed by atoms with Gasteiger partial charge in [0.05, 0.1) is 17.1 Å².